The predicted octanol–water partition coefficient (Wildman–Crippen LogP) is 2.72. The van der Waals surface area contributed by atoms with Crippen molar-refractivity contribution in [2.75, 3.05) is 5.32 Å². The number of nitrogens with two attached hydrogens (primary N) is 1. The lowest BCUT2D eigenvalue weighted by molar-refractivity contribution is 0.629. The lowest BCUT2D eigenvalue weighted by Crippen LogP contribution is -2.11. The number of rotatable bonds is 4. The van der Waals surface area contributed by atoms with Crippen molar-refractivity contribution in [3.8, 4) is 0 Å². The van der Waals surface area contributed by atoms with Crippen LogP contribution < -0.4 is 11.1 Å². The first-order valence-electron chi connectivity index (χ1n) is 5.58. The van der Waals surface area contributed by atoms with Crippen molar-refractivity contribution in [1.29, 1.82) is 5.41 Å². The first-order valence-corrected chi connectivity index (χ1v) is 5.58. The molecule has 3 nitrogen and oxygen atoms in total. The average Bonchev–Trinajstić information content (AvgIpc) is 2.38. The van der Waals surface area contributed by atoms with Gasteiger partial charge in [0.2, 0.25) is 0 Å². The van der Waals surface area contributed by atoms with Crippen LogP contribution in [0.4, 0.5) is 10.1 Å². The molecule has 2 rings (SSSR count). The van der Waals surface area contributed by atoms with Crippen molar-refractivity contribution in [3.63, 3.8) is 0 Å². The summed E-state index contributed by atoms with van der Waals surface area (Å²) in [6.07, 6.45) is 0. The fourth-order valence-corrected chi connectivity index (χ4v) is 1.62. The van der Waals surface area contributed by atoms with Crippen molar-refractivity contribution < 1.29 is 4.39 Å². The lowest BCUT2D eigenvalue weighted by atomic mass is 10.1. The second kappa shape index (κ2) is 5.31. The SMILES string of the molecule is N=C(N)c1ccc(NCc2ccccc2)c(F)c1. The van der Waals surface area contributed by atoms with Crippen molar-refractivity contribution >= 4 is 11.5 Å². The van der Waals surface area contributed by atoms with E-state index in [0.717, 1.165) is 5.56 Å². The zero-order valence-electron chi connectivity index (χ0n) is 9.78. The monoisotopic (exact) mass is 243 g/mol. The van der Waals surface area contributed by atoms with Gasteiger partial charge in [0, 0.05) is 12.1 Å². The second-order valence-electron chi connectivity index (χ2n) is 3.95. The highest BCUT2D eigenvalue weighted by atomic mass is 19.1. The van der Waals surface area contributed by atoms with Crippen LogP contribution in [0.1, 0.15) is 11.1 Å². The fourth-order valence-electron chi connectivity index (χ4n) is 1.62. The van der Waals surface area contributed by atoms with Crippen LogP contribution >= 0.6 is 0 Å². The molecule has 0 aliphatic rings. The van der Waals surface area contributed by atoms with Gasteiger partial charge >= 0.3 is 0 Å². The summed E-state index contributed by atoms with van der Waals surface area (Å²) in [4.78, 5) is 0. The van der Waals surface area contributed by atoms with Crippen molar-refractivity contribution in [2.45, 2.75) is 6.54 Å². The summed E-state index contributed by atoms with van der Waals surface area (Å²) in [5.41, 5.74) is 7.16. The molecule has 0 aromatic heterocycles. The summed E-state index contributed by atoms with van der Waals surface area (Å²) in [5, 5.41) is 10.2. The Hall–Kier alpha value is -2.36. The number of halogens is 1. The van der Waals surface area contributed by atoms with Crippen LogP contribution in [-0.4, -0.2) is 5.84 Å². The van der Waals surface area contributed by atoms with Gasteiger partial charge < -0.3 is 11.1 Å². The number of amidine groups is 1. The number of nitrogen functional groups attached to an aromatic ring is 1. The Labute approximate surface area is 105 Å². The summed E-state index contributed by atoms with van der Waals surface area (Å²) >= 11 is 0. The molecule has 0 aliphatic heterocycles. The van der Waals surface area contributed by atoms with Gasteiger partial charge in [0.15, 0.2) is 0 Å². The average molecular weight is 243 g/mol. The minimum atomic E-state index is -0.404. The van der Waals surface area contributed by atoms with Crippen molar-refractivity contribution in [1.82, 2.24) is 0 Å². The first-order chi connectivity index (χ1) is 8.66. The molecule has 0 saturated carbocycles. The van der Waals surface area contributed by atoms with Crippen LogP contribution in [-0.2, 0) is 6.54 Å². The summed E-state index contributed by atoms with van der Waals surface area (Å²) < 4.78 is 13.7. The van der Waals surface area contributed by atoms with E-state index >= 15 is 0 Å². The second-order valence-corrected chi connectivity index (χ2v) is 3.95. The van der Waals surface area contributed by atoms with E-state index in [4.69, 9.17) is 11.1 Å². The van der Waals surface area contributed by atoms with Crippen LogP contribution in [0.3, 0.4) is 0 Å². The van der Waals surface area contributed by atoms with E-state index in [1.54, 1.807) is 12.1 Å². The van der Waals surface area contributed by atoms with Gasteiger partial charge in [0.25, 0.3) is 0 Å². The molecule has 4 N–H and O–H groups in total. The van der Waals surface area contributed by atoms with E-state index in [1.165, 1.54) is 6.07 Å². The van der Waals surface area contributed by atoms with Gasteiger partial charge in [-0.3, -0.25) is 5.41 Å². The first kappa shape index (κ1) is 12.1. The molecule has 4 heteroatoms. The summed E-state index contributed by atoms with van der Waals surface area (Å²) in [6, 6.07) is 14.2. The highest BCUT2D eigenvalue weighted by molar-refractivity contribution is 5.95. The molecular formula is C14H14FN3. The summed E-state index contributed by atoms with van der Waals surface area (Å²) in [5.74, 6) is -0.540. The maximum Gasteiger partial charge on any atom is 0.147 e. The van der Waals surface area contributed by atoms with Crippen LogP contribution in [0.5, 0.6) is 0 Å². The molecule has 0 bridgehead atoms. The Morgan fingerprint density at radius 2 is 1.89 bits per heavy atom. The van der Waals surface area contributed by atoms with Gasteiger partial charge in [-0.15, -0.1) is 0 Å². The molecule has 18 heavy (non-hydrogen) atoms. The third-order valence-electron chi connectivity index (χ3n) is 2.61. The Kier molecular flexibility index (Phi) is 3.57. The maximum atomic E-state index is 13.7. The van der Waals surface area contributed by atoms with Gasteiger partial charge in [0.05, 0.1) is 5.69 Å². The zero-order valence-corrected chi connectivity index (χ0v) is 9.78. The van der Waals surface area contributed by atoms with Gasteiger partial charge in [-0.2, -0.15) is 0 Å². The fraction of sp³-hybridized carbons (Fsp3) is 0.0714. The minimum absolute atomic E-state index is 0.136. The molecule has 0 fully saturated rings. The molecule has 0 radical (unpaired) electrons. The van der Waals surface area contributed by atoms with Crippen molar-refractivity contribution in [3.05, 3.63) is 65.5 Å². The molecular weight excluding hydrogens is 229 g/mol. The molecule has 0 heterocycles. The number of nitrogens with one attached hydrogen (secondary N) is 2. The van der Waals surface area contributed by atoms with Crippen LogP contribution in [0.15, 0.2) is 48.5 Å². The smallest absolute Gasteiger partial charge is 0.147 e. The van der Waals surface area contributed by atoms with Gasteiger partial charge in [-0.05, 0) is 23.8 Å². The van der Waals surface area contributed by atoms with Gasteiger partial charge in [0.1, 0.15) is 11.7 Å². The Morgan fingerprint density at radius 1 is 1.17 bits per heavy atom. The summed E-state index contributed by atoms with van der Waals surface area (Å²) in [6.45, 7) is 0.553. The Morgan fingerprint density at radius 3 is 2.50 bits per heavy atom. The van der Waals surface area contributed by atoms with Crippen molar-refractivity contribution in [2.24, 2.45) is 5.73 Å². The van der Waals surface area contributed by atoms with Crippen LogP contribution in [0, 0.1) is 11.2 Å². The van der Waals surface area contributed by atoms with Crippen LogP contribution in [0.25, 0.3) is 0 Å². The standard InChI is InChI=1S/C14H14FN3/c15-12-8-11(14(16)17)6-7-13(12)18-9-10-4-2-1-3-5-10/h1-8,18H,9H2,(H3,16,17). The predicted molar refractivity (Wildman–Crippen MR) is 71.2 cm³/mol. The topological polar surface area (TPSA) is 61.9 Å². The quantitative estimate of drug-likeness (QED) is 0.571. The van der Waals surface area contributed by atoms with E-state index < -0.39 is 5.82 Å². The molecule has 92 valence electrons. The molecule has 0 spiro atoms. The molecule has 0 unspecified atom stereocenters. The number of hydrogen-bond donors (Lipinski definition) is 3. The Balaban J connectivity index is 2.08. The van der Waals surface area contributed by atoms with E-state index in [9.17, 15) is 4.39 Å². The number of anilines is 1. The third kappa shape index (κ3) is 2.85. The van der Waals surface area contributed by atoms with E-state index in [-0.39, 0.29) is 5.84 Å². The normalized spacial score (nSPS) is 10.1. The number of benzene rings is 2. The van der Waals surface area contributed by atoms with Gasteiger partial charge in [-0.25, -0.2) is 4.39 Å². The summed E-state index contributed by atoms with van der Waals surface area (Å²) in [7, 11) is 0. The van der Waals surface area contributed by atoms with Crippen LogP contribution in [0.2, 0.25) is 0 Å². The highest BCUT2D eigenvalue weighted by Crippen LogP contribution is 2.16. The molecule has 2 aromatic carbocycles. The van der Waals surface area contributed by atoms with E-state index in [2.05, 4.69) is 5.32 Å². The molecule has 2 aromatic rings. The number of hydrogen-bond acceptors (Lipinski definition) is 2. The molecule has 0 saturated heterocycles. The van der Waals surface area contributed by atoms with E-state index in [0.29, 0.717) is 17.8 Å². The highest BCUT2D eigenvalue weighted by Gasteiger charge is 2.04. The minimum Gasteiger partial charge on any atom is -0.384 e. The van der Waals surface area contributed by atoms with E-state index in [1.807, 2.05) is 30.3 Å². The Bertz CT molecular complexity index is 552. The lowest BCUT2D eigenvalue weighted by Gasteiger charge is -2.08. The molecule has 0 aliphatic carbocycles. The molecule has 0 amide bonds. The third-order valence-corrected chi connectivity index (χ3v) is 2.61. The maximum absolute atomic E-state index is 13.7. The largest absolute Gasteiger partial charge is 0.384 e. The zero-order chi connectivity index (χ0) is 13.0. The molecule has 0 atom stereocenters. The van der Waals surface area contributed by atoms with Gasteiger partial charge in [-0.1, -0.05) is 30.3 Å².